The maximum atomic E-state index is 12.1. The van der Waals surface area contributed by atoms with Gasteiger partial charge in [0.05, 0.1) is 13.0 Å². The second-order valence-corrected chi connectivity index (χ2v) is 6.00. The summed E-state index contributed by atoms with van der Waals surface area (Å²) in [7, 11) is 0. The lowest BCUT2D eigenvalue weighted by Gasteiger charge is -2.10. The van der Waals surface area contributed by atoms with Crippen LogP contribution in [0.3, 0.4) is 0 Å². The van der Waals surface area contributed by atoms with E-state index in [9.17, 15) is 4.79 Å². The second-order valence-electron chi connectivity index (χ2n) is 6.00. The van der Waals surface area contributed by atoms with Crippen LogP contribution in [-0.4, -0.2) is 24.0 Å². The number of nitrogens with one attached hydrogen (secondary N) is 2. The SMILES string of the molecule is Cc1ccc(C)c(OCCNC(=O)Cc2c[nH]c3ccccc23)c1. The van der Waals surface area contributed by atoms with Crippen LogP contribution in [0.2, 0.25) is 0 Å². The number of carbonyl (C=O) groups is 1. The third-order valence-corrected chi connectivity index (χ3v) is 4.05. The monoisotopic (exact) mass is 322 g/mol. The highest BCUT2D eigenvalue weighted by molar-refractivity contribution is 5.88. The Morgan fingerprint density at radius 2 is 2.00 bits per heavy atom. The summed E-state index contributed by atoms with van der Waals surface area (Å²) < 4.78 is 5.75. The van der Waals surface area contributed by atoms with Gasteiger partial charge in [0, 0.05) is 17.1 Å². The Kier molecular flexibility index (Phi) is 4.85. The number of aromatic nitrogens is 1. The zero-order valence-corrected chi connectivity index (χ0v) is 14.1. The molecule has 1 amide bonds. The average Bonchev–Trinajstić information content (AvgIpc) is 2.98. The number of benzene rings is 2. The number of H-pyrrole nitrogens is 1. The number of aryl methyl sites for hydroxylation is 2. The van der Waals surface area contributed by atoms with Crippen LogP contribution < -0.4 is 10.1 Å². The van der Waals surface area contributed by atoms with Gasteiger partial charge in [-0.25, -0.2) is 0 Å². The summed E-state index contributed by atoms with van der Waals surface area (Å²) in [5.74, 6) is 0.880. The smallest absolute Gasteiger partial charge is 0.224 e. The Morgan fingerprint density at radius 3 is 2.88 bits per heavy atom. The van der Waals surface area contributed by atoms with Gasteiger partial charge >= 0.3 is 0 Å². The van der Waals surface area contributed by atoms with Crippen molar-refractivity contribution in [2.75, 3.05) is 13.2 Å². The summed E-state index contributed by atoms with van der Waals surface area (Å²) in [6.45, 7) is 5.01. The van der Waals surface area contributed by atoms with Crippen LogP contribution >= 0.6 is 0 Å². The number of fused-ring (bicyclic) bond motifs is 1. The van der Waals surface area contributed by atoms with Gasteiger partial charge in [-0.3, -0.25) is 4.79 Å². The van der Waals surface area contributed by atoms with Gasteiger partial charge in [0.1, 0.15) is 12.4 Å². The fourth-order valence-corrected chi connectivity index (χ4v) is 2.73. The van der Waals surface area contributed by atoms with Gasteiger partial charge in [0.15, 0.2) is 0 Å². The molecule has 124 valence electrons. The zero-order chi connectivity index (χ0) is 16.9. The summed E-state index contributed by atoms with van der Waals surface area (Å²) in [6, 6.07) is 14.1. The highest BCUT2D eigenvalue weighted by atomic mass is 16.5. The normalized spacial score (nSPS) is 10.8. The molecule has 2 N–H and O–H groups in total. The summed E-state index contributed by atoms with van der Waals surface area (Å²) in [4.78, 5) is 15.3. The van der Waals surface area contributed by atoms with Crippen molar-refractivity contribution in [2.45, 2.75) is 20.3 Å². The van der Waals surface area contributed by atoms with Gasteiger partial charge in [-0.2, -0.15) is 0 Å². The van der Waals surface area contributed by atoms with Crippen molar-refractivity contribution in [3.8, 4) is 5.75 Å². The molecule has 3 rings (SSSR count). The number of rotatable bonds is 6. The first-order chi connectivity index (χ1) is 11.6. The standard InChI is InChI=1S/C20H22N2O2/c1-14-7-8-15(2)19(11-14)24-10-9-21-20(23)12-16-13-22-18-6-4-3-5-17(16)18/h3-8,11,13,22H,9-10,12H2,1-2H3,(H,21,23). The number of para-hydroxylation sites is 1. The fourth-order valence-electron chi connectivity index (χ4n) is 2.73. The Hall–Kier alpha value is -2.75. The second kappa shape index (κ2) is 7.21. The molecule has 2 aromatic carbocycles. The van der Waals surface area contributed by atoms with Crippen LogP contribution in [0, 0.1) is 13.8 Å². The molecular formula is C20H22N2O2. The van der Waals surface area contributed by atoms with Gasteiger partial charge in [0.25, 0.3) is 0 Å². The third-order valence-electron chi connectivity index (χ3n) is 4.05. The Morgan fingerprint density at radius 1 is 1.17 bits per heavy atom. The predicted molar refractivity (Wildman–Crippen MR) is 96.4 cm³/mol. The van der Waals surface area contributed by atoms with Crippen LogP contribution in [0.4, 0.5) is 0 Å². The maximum Gasteiger partial charge on any atom is 0.224 e. The lowest BCUT2D eigenvalue weighted by atomic mass is 10.1. The summed E-state index contributed by atoms with van der Waals surface area (Å²) >= 11 is 0. The number of aromatic amines is 1. The Balaban J connectivity index is 1.48. The summed E-state index contributed by atoms with van der Waals surface area (Å²) in [6.07, 6.45) is 2.27. The Labute approximate surface area is 141 Å². The topological polar surface area (TPSA) is 54.1 Å². The van der Waals surface area contributed by atoms with Gasteiger partial charge in [-0.15, -0.1) is 0 Å². The third kappa shape index (κ3) is 3.77. The molecule has 0 saturated carbocycles. The minimum absolute atomic E-state index is 0.00400. The number of carbonyl (C=O) groups excluding carboxylic acids is 1. The molecule has 0 aliphatic carbocycles. The largest absolute Gasteiger partial charge is 0.491 e. The van der Waals surface area contributed by atoms with Crippen LogP contribution in [-0.2, 0) is 11.2 Å². The van der Waals surface area contributed by atoms with Crippen molar-refractivity contribution in [1.29, 1.82) is 0 Å². The molecule has 0 bridgehead atoms. The molecule has 24 heavy (non-hydrogen) atoms. The molecule has 0 fully saturated rings. The van der Waals surface area contributed by atoms with Gasteiger partial charge in [-0.05, 0) is 42.7 Å². The number of ether oxygens (including phenoxy) is 1. The highest BCUT2D eigenvalue weighted by Crippen LogP contribution is 2.19. The minimum atomic E-state index is 0.00400. The highest BCUT2D eigenvalue weighted by Gasteiger charge is 2.08. The van der Waals surface area contributed by atoms with E-state index in [-0.39, 0.29) is 5.91 Å². The number of hydrogen-bond acceptors (Lipinski definition) is 2. The van der Waals surface area contributed by atoms with Crippen molar-refractivity contribution in [1.82, 2.24) is 10.3 Å². The van der Waals surface area contributed by atoms with Crippen molar-refractivity contribution >= 4 is 16.8 Å². The fraction of sp³-hybridized carbons (Fsp3) is 0.250. The van der Waals surface area contributed by atoms with Crippen molar-refractivity contribution in [3.05, 3.63) is 65.4 Å². The molecule has 0 aliphatic rings. The van der Waals surface area contributed by atoms with E-state index >= 15 is 0 Å². The molecule has 1 aromatic heterocycles. The van der Waals surface area contributed by atoms with E-state index in [1.807, 2.05) is 56.4 Å². The van der Waals surface area contributed by atoms with Crippen molar-refractivity contribution in [3.63, 3.8) is 0 Å². The number of hydrogen-bond donors (Lipinski definition) is 2. The van der Waals surface area contributed by atoms with E-state index in [0.717, 1.165) is 27.8 Å². The van der Waals surface area contributed by atoms with Crippen LogP contribution in [0.15, 0.2) is 48.7 Å². The first-order valence-corrected chi connectivity index (χ1v) is 8.15. The molecule has 0 spiro atoms. The molecule has 3 aromatic rings. The van der Waals surface area contributed by atoms with Crippen LogP contribution in [0.5, 0.6) is 5.75 Å². The van der Waals surface area contributed by atoms with E-state index in [0.29, 0.717) is 19.6 Å². The van der Waals surface area contributed by atoms with Crippen molar-refractivity contribution in [2.24, 2.45) is 0 Å². The molecule has 1 heterocycles. The lowest BCUT2D eigenvalue weighted by molar-refractivity contribution is -0.120. The molecule has 0 atom stereocenters. The predicted octanol–water partition coefficient (Wildman–Crippen LogP) is 3.52. The lowest BCUT2D eigenvalue weighted by Crippen LogP contribution is -2.29. The van der Waals surface area contributed by atoms with Crippen molar-refractivity contribution < 1.29 is 9.53 Å². The molecule has 0 unspecified atom stereocenters. The first kappa shape index (κ1) is 16.1. The first-order valence-electron chi connectivity index (χ1n) is 8.15. The minimum Gasteiger partial charge on any atom is -0.491 e. The molecule has 0 aliphatic heterocycles. The van der Waals surface area contributed by atoms with E-state index in [1.165, 1.54) is 5.56 Å². The zero-order valence-electron chi connectivity index (χ0n) is 14.1. The quantitative estimate of drug-likeness (QED) is 0.682. The van der Waals surface area contributed by atoms with Gasteiger partial charge in [-0.1, -0.05) is 30.3 Å². The van der Waals surface area contributed by atoms with Crippen LogP contribution in [0.1, 0.15) is 16.7 Å². The summed E-state index contributed by atoms with van der Waals surface area (Å²) in [5, 5.41) is 4.01. The van der Waals surface area contributed by atoms with E-state index in [4.69, 9.17) is 4.74 Å². The molecule has 4 nitrogen and oxygen atoms in total. The van der Waals surface area contributed by atoms with Gasteiger partial charge < -0.3 is 15.0 Å². The van der Waals surface area contributed by atoms with Crippen LogP contribution in [0.25, 0.3) is 10.9 Å². The Bertz CT molecular complexity index is 852. The molecule has 4 heteroatoms. The molecule has 0 radical (unpaired) electrons. The van der Waals surface area contributed by atoms with E-state index < -0.39 is 0 Å². The average molecular weight is 322 g/mol. The number of amides is 1. The molecular weight excluding hydrogens is 300 g/mol. The maximum absolute atomic E-state index is 12.1. The van der Waals surface area contributed by atoms with E-state index in [2.05, 4.69) is 16.4 Å². The van der Waals surface area contributed by atoms with E-state index in [1.54, 1.807) is 0 Å². The van der Waals surface area contributed by atoms with Gasteiger partial charge in [0.2, 0.25) is 5.91 Å². The molecule has 0 saturated heterocycles. The summed E-state index contributed by atoms with van der Waals surface area (Å²) in [5.41, 5.74) is 4.33.